The lowest BCUT2D eigenvalue weighted by molar-refractivity contribution is -0.161. The highest BCUT2D eigenvalue weighted by Crippen LogP contribution is 2.34. The highest BCUT2D eigenvalue weighted by atomic mass is 79.9. The lowest BCUT2D eigenvalue weighted by atomic mass is 9.95. The fourth-order valence-electron chi connectivity index (χ4n) is 2.73. The molecule has 1 aromatic carbocycles. The van der Waals surface area contributed by atoms with Crippen LogP contribution in [0.15, 0.2) is 16.6 Å². The molecule has 0 saturated heterocycles. The van der Waals surface area contributed by atoms with Crippen molar-refractivity contribution in [3.05, 3.63) is 27.7 Å². The number of carbonyl (C=O) groups excluding carboxylic acids is 1. The minimum atomic E-state index is -4.47. The zero-order valence-electron chi connectivity index (χ0n) is 12.3. The third kappa shape index (κ3) is 3.94. The highest BCUT2D eigenvalue weighted by molar-refractivity contribution is 9.10. The van der Waals surface area contributed by atoms with E-state index in [-0.39, 0.29) is 12.5 Å². The standard InChI is InChI=1S/C15H17BrF3NO2/c1-9-8-20(14(21)7-15(17,18)19)4-3-10-5-13(22-2)12(16)6-11(9)10/h5-6,9H,3-4,7-8H2,1-2H3. The number of hydrogen-bond donors (Lipinski definition) is 0. The molecule has 1 heterocycles. The van der Waals surface area contributed by atoms with Crippen LogP contribution in [0.4, 0.5) is 13.2 Å². The fourth-order valence-corrected chi connectivity index (χ4v) is 3.25. The Bertz CT molecular complexity index is 575. The molecule has 1 aliphatic heterocycles. The molecule has 0 aromatic heterocycles. The molecule has 22 heavy (non-hydrogen) atoms. The van der Waals surface area contributed by atoms with Crippen molar-refractivity contribution in [1.29, 1.82) is 0 Å². The summed E-state index contributed by atoms with van der Waals surface area (Å²) in [6.07, 6.45) is -5.35. The van der Waals surface area contributed by atoms with Crippen LogP contribution in [0.25, 0.3) is 0 Å². The van der Waals surface area contributed by atoms with E-state index in [1.54, 1.807) is 7.11 Å². The third-order valence-corrected chi connectivity index (χ3v) is 4.41. The van der Waals surface area contributed by atoms with Crippen LogP contribution in [-0.4, -0.2) is 37.2 Å². The van der Waals surface area contributed by atoms with Crippen LogP contribution in [0.5, 0.6) is 5.75 Å². The van der Waals surface area contributed by atoms with E-state index in [1.165, 1.54) is 4.90 Å². The van der Waals surface area contributed by atoms with E-state index in [2.05, 4.69) is 15.9 Å². The number of halogens is 4. The number of amides is 1. The first-order valence-corrected chi connectivity index (χ1v) is 7.71. The molecule has 0 N–H and O–H groups in total. The number of ether oxygens (including phenoxy) is 1. The molecule has 0 radical (unpaired) electrons. The molecule has 1 atom stereocenters. The van der Waals surface area contributed by atoms with Gasteiger partial charge in [-0.1, -0.05) is 6.92 Å². The maximum absolute atomic E-state index is 12.4. The molecular formula is C15H17BrF3NO2. The number of carbonyl (C=O) groups is 1. The fraction of sp³-hybridized carbons (Fsp3) is 0.533. The van der Waals surface area contributed by atoms with E-state index in [0.717, 1.165) is 15.6 Å². The van der Waals surface area contributed by atoms with Crippen LogP contribution in [0.2, 0.25) is 0 Å². The van der Waals surface area contributed by atoms with E-state index >= 15 is 0 Å². The van der Waals surface area contributed by atoms with Crippen LogP contribution in [-0.2, 0) is 11.2 Å². The summed E-state index contributed by atoms with van der Waals surface area (Å²) < 4.78 is 43.3. The van der Waals surface area contributed by atoms with Gasteiger partial charge < -0.3 is 9.64 Å². The Hall–Kier alpha value is -1.24. The van der Waals surface area contributed by atoms with Crippen molar-refractivity contribution in [2.45, 2.75) is 31.9 Å². The van der Waals surface area contributed by atoms with Crippen molar-refractivity contribution in [2.24, 2.45) is 0 Å². The highest BCUT2D eigenvalue weighted by Gasteiger charge is 2.34. The van der Waals surface area contributed by atoms with E-state index < -0.39 is 18.5 Å². The van der Waals surface area contributed by atoms with Crippen LogP contribution in [0, 0.1) is 0 Å². The summed E-state index contributed by atoms with van der Waals surface area (Å²) in [5, 5.41) is 0. The molecule has 122 valence electrons. The van der Waals surface area contributed by atoms with Gasteiger partial charge in [0.15, 0.2) is 0 Å². The third-order valence-electron chi connectivity index (χ3n) is 3.79. The molecule has 1 aromatic rings. The van der Waals surface area contributed by atoms with Crippen molar-refractivity contribution in [1.82, 2.24) is 4.90 Å². The molecule has 0 spiro atoms. The number of hydrogen-bond acceptors (Lipinski definition) is 2. The van der Waals surface area contributed by atoms with Crippen molar-refractivity contribution >= 4 is 21.8 Å². The van der Waals surface area contributed by atoms with Crippen LogP contribution in [0.1, 0.15) is 30.4 Å². The average Bonchev–Trinajstić information content (AvgIpc) is 2.56. The van der Waals surface area contributed by atoms with Gasteiger partial charge in [-0.3, -0.25) is 4.79 Å². The molecule has 1 unspecified atom stereocenters. The Morgan fingerprint density at radius 2 is 2.14 bits per heavy atom. The Morgan fingerprint density at radius 3 is 2.73 bits per heavy atom. The maximum Gasteiger partial charge on any atom is 0.397 e. The summed E-state index contributed by atoms with van der Waals surface area (Å²) in [4.78, 5) is 13.1. The minimum Gasteiger partial charge on any atom is -0.496 e. The topological polar surface area (TPSA) is 29.5 Å². The van der Waals surface area contributed by atoms with E-state index in [1.807, 2.05) is 19.1 Å². The van der Waals surface area contributed by atoms with Gasteiger partial charge in [0.25, 0.3) is 0 Å². The zero-order chi connectivity index (χ0) is 16.5. The van der Waals surface area contributed by atoms with E-state index in [0.29, 0.717) is 18.7 Å². The van der Waals surface area contributed by atoms with Crippen LogP contribution in [0.3, 0.4) is 0 Å². The molecule has 0 aliphatic carbocycles. The number of rotatable bonds is 2. The molecule has 2 rings (SSSR count). The predicted octanol–water partition coefficient (Wildman–Crippen LogP) is 3.90. The summed E-state index contributed by atoms with van der Waals surface area (Å²) in [6.45, 7) is 2.49. The molecule has 0 saturated carbocycles. The number of alkyl halides is 3. The van der Waals surface area contributed by atoms with Gasteiger partial charge in [0, 0.05) is 13.1 Å². The molecule has 1 amide bonds. The van der Waals surface area contributed by atoms with Gasteiger partial charge in [0.1, 0.15) is 12.2 Å². The zero-order valence-corrected chi connectivity index (χ0v) is 13.9. The predicted molar refractivity (Wildman–Crippen MR) is 80.1 cm³/mol. The summed E-state index contributed by atoms with van der Waals surface area (Å²) >= 11 is 3.42. The Balaban J connectivity index is 2.21. The Labute approximate surface area is 135 Å². The number of benzene rings is 1. The first kappa shape index (κ1) is 17.1. The molecule has 3 nitrogen and oxygen atoms in total. The Kier molecular flexibility index (Phi) is 5.04. The van der Waals surface area contributed by atoms with E-state index in [4.69, 9.17) is 4.74 Å². The van der Waals surface area contributed by atoms with Gasteiger partial charge >= 0.3 is 6.18 Å². The van der Waals surface area contributed by atoms with Gasteiger partial charge in [0.2, 0.25) is 5.91 Å². The van der Waals surface area contributed by atoms with Crippen LogP contribution < -0.4 is 4.74 Å². The smallest absolute Gasteiger partial charge is 0.397 e. The average molecular weight is 380 g/mol. The number of nitrogens with zero attached hydrogens (tertiary/aromatic N) is 1. The number of fused-ring (bicyclic) bond motifs is 1. The Morgan fingerprint density at radius 1 is 1.45 bits per heavy atom. The normalized spacial score (nSPS) is 18.6. The van der Waals surface area contributed by atoms with Crippen LogP contribution >= 0.6 is 15.9 Å². The summed E-state index contributed by atoms with van der Waals surface area (Å²) in [5.74, 6) is -0.212. The number of methoxy groups -OCH3 is 1. The molecular weight excluding hydrogens is 363 g/mol. The second kappa shape index (κ2) is 6.48. The molecule has 7 heteroatoms. The second-order valence-electron chi connectivity index (χ2n) is 5.47. The van der Waals surface area contributed by atoms with Crippen molar-refractivity contribution in [3.63, 3.8) is 0 Å². The monoisotopic (exact) mass is 379 g/mol. The minimum absolute atomic E-state index is 0.0307. The quantitative estimate of drug-likeness (QED) is 0.779. The lowest BCUT2D eigenvalue weighted by Gasteiger charge is -2.23. The lowest BCUT2D eigenvalue weighted by Crippen LogP contribution is -2.36. The van der Waals surface area contributed by atoms with E-state index in [9.17, 15) is 18.0 Å². The van der Waals surface area contributed by atoms with Gasteiger partial charge in [0.05, 0.1) is 11.6 Å². The molecule has 1 aliphatic rings. The van der Waals surface area contributed by atoms with Gasteiger partial charge in [-0.2, -0.15) is 13.2 Å². The van der Waals surface area contributed by atoms with Gasteiger partial charge in [-0.25, -0.2) is 0 Å². The van der Waals surface area contributed by atoms with Crippen molar-refractivity contribution < 1.29 is 22.7 Å². The maximum atomic E-state index is 12.4. The van der Waals surface area contributed by atoms with Gasteiger partial charge in [-0.15, -0.1) is 0 Å². The molecule has 0 bridgehead atoms. The first-order valence-electron chi connectivity index (χ1n) is 6.92. The second-order valence-corrected chi connectivity index (χ2v) is 6.32. The van der Waals surface area contributed by atoms with Crippen molar-refractivity contribution in [2.75, 3.05) is 20.2 Å². The van der Waals surface area contributed by atoms with Gasteiger partial charge in [-0.05, 0) is 51.5 Å². The first-order chi connectivity index (χ1) is 10.2. The van der Waals surface area contributed by atoms with Crippen molar-refractivity contribution in [3.8, 4) is 5.75 Å². The SMILES string of the molecule is COc1cc2c(cc1Br)C(C)CN(C(=O)CC(F)(F)F)CC2. The summed E-state index contributed by atoms with van der Waals surface area (Å²) in [5.41, 5.74) is 2.05. The summed E-state index contributed by atoms with van der Waals surface area (Å²) in [6, 6.07) is 3.81. The largest absolute Gasteiger partial charge is 0.496 e. The molecule has 0 fully saturated rings. The summed E-state index contributed by atoms with van der Waals surface area (Å²) in [7, 11) is 1.56.